The van der Waals surface area contributed by atoms with Crippen LogP contribution in [-0.2, 0) is 0 Å². The van der Waals surface area contributed by atoms with Gasteiger partial charge in [0, 0.05) is 16.5 Å². The summed E-state index contributed by atoms with van der Waals surface area (Å²) in [5, 5.41) is 7.68. The first-order valence-corrected chi connectivity index (χ1v) is 14.5. The predicted molar refractivity (Wildman–Crippen MR) is 178 cm³/mol. The molecular formula is C40H31N. The average Bonchev–Trinajstić information content (AvgIpc) is 3.39. The van der Waals surface area contributed by atoms with Gasteiger partial charge in [0.15, 0.2) is 0 Å². The number of rotatable bonds is 3. The zero-order chi connectivity index (χ0) is 27.8. The number of aromatic nitrogens is 1. The second-order valence-electron chi connectivity index (χ2n) is 10.1. The summed E-state index contributed by atoms with van der Waals surface area (Å²) in [6.07, 6.45) is 0. The van der Waals surface area contributed by atoms with E-state index in [-0.39, 0.29) is 0 Å². The van der Waals surface area contributed by atoms with Crippen molar-refractivity contribution < 1.29 is 0 Å². The Morgan fingerprint density at radius 1 is 0.317 bits per heavy atom. The molecule has 0 atom stereocenters. The van der Waals surface area contributed by atoms with Crippen LogP contribution in [0.4, 0.5) is 0 Å². The van der Waals surface area contributed by atoms with E-state index in [1.54, 1.807) is 0 Å². The van der Waals surface area contributed by atoms with Crippen molar-refractivity contribution in [2.24, 2.45) is 0 Å². The first-order valence-electron chi connectivity index (χ1n) is 14.5. The zero-order valence-electron chi connectivity index (χ0n) is 23.4. The Kier molecular flexibility index (Phi) is 6.34. The summed E-state index contributed by atoms with van der Waals surface area (Å²) in [5.41, 5.74) is 8.70. The fraction of sp³-hybridized carbons (Fsp3) is 0.0500. The van der Waals surface area contributed by atoms with E-state index in [2.05, 4.69) is 156 Å². The summed E-state index contributed by atoms with van der Waals surface area (Å²) in [4.78, 5) is 0. The van der Waals surface area contributed by atoms with Gasteiger partial charge in [-0.15, -0.1) is 0 Å². The third kappa shape index (κ3) is 4.01. The fourth-order valence-electron chi connectivity index (χ4n) is 6.33. The molecule has 0 saturated heterocycles. The highest BCUT2D eigenvalue weighted by Crippen LogP contribution is 2.43. The van der Waals surface area contributed by atoms with Gasteiger partial charge >= 0.3 is 0 Å². The summed E-state index contributed by atoms with van der Waals surface area (Å²) >= 11 is 0. The van der Waals surface area contributed by atoms with Crippen LogP contribution in [0, 0.1) is 0 Å². The lowest BCUT2D eigenvalue weighted by Gasteiger charge is -2.18. The molecule has 1 aromatic heterocycles. The van der Waals surface area contributed by atoms with Crippen molar-refractivity contribution >= 4 is 43.4 Å². The monoisotopic (exact) mass is 525 g/mol. The van der Waals surface area contributed by atoms with Gasteiger partial charge in [0.2, 0.25) is 0 Å². The van der Waals surface area contributed by atoms with Crippen LogP contribution < -0.4 is 0 Å². The second kappa shape index (κ2) is 10.4. The van der Waals surface area contributed by atoms with E-state index >= 15 is 0 Å². The van der Waals surface area contributed by atoms with Crippen LogP contribution in [0.2, 0.25) is 0 Å². The van der Waals surface area contributed by atoms with Crippen molar-refractivity contribution in [1.29, 1.82) is 0 Å². The minimum Gasteiger partial charge on any atom is -0.309 e. The second-order valence-corrected chi connectivity index (χ2v) is 10.1. The first-order chi connectivity index (χ1) is 20.4. The number of hydrogen-bond donors (Lipinski definition) is 0. The minimum atomic E-state index is 1.17. The molecule has 7 aromatic carbocycles. The molecule has 196 valence electrons. The Balaban J connectivity index is 0.00000135. The van der Waals surface area contributed by atoms with Gasteiger partial charge in [0.1, 0.15) is 0 Å². The molecule has 0 unspecified atom stereocenters. The number of nitrogens with zero attached hydrogens (tertiary/aromatic N) is 1. The Hall–Kier alpha value is -5.14. The molecule has 41 heavy (non-hydrogen) atoms. The molecule has 0 fully saturated rings. The molecule has 0 N–H and O–H groups in total. The van der Waals surface area contributed by atoms with Crippen molar-refractivity contribution in [3.8, 4) is 27.9 Å². The summed E-state index contributed by atoms with van der Waals surface area (Å²) in [5.74, 6) is 0. The van der Waals surface area contributed by atoms with Crippen LogP contribution >= 0.6 is 0 Å². The summed E-state index contributed by atoms with van der Waals surface area (Å²) < 4.78 is 2.38. The predicted octanol–water partition coefficient (Wildman–Crippen LogP) is 11.5. The van der Waals surface area contributed by atoms with Crippen LogP contribution in [0.15, 0.2) is 152 Å². The van der Waals surface area contributed by atoms with Gasteiger partial charge in [-0.1, -0.05) is 141 Å². The van der Waals surface area contributed by atoms with Crippen LogP contribution in [0.1, 0.15) is 13.8 Å². The molecule has 8 rings (SSSR count). The van der Waals surface area contributed by atoms with Gasteiger partial charge in [-0.05, 0) is 68.1 Å². The summed E-state index contributed by atoms with van der Waals surface area (Å²) in [6.45, 7) is 4.00. The van der Waals surface area contributed by atoms with E-state index in [4.69, 9.17) is 0 Å². The maximum Gasteiger partial charge on any atom is 0.0541 e. The molecule has 1 heterocycles. The highest BCUT2D eigenvalue weighted by atomic mass is 15.0. The standard InChI is InChI=1S/C38H25N.C2H6/c1-2-12-26(13-3-1)37-31-16-4-6-18-33(31)38(34-19-7-5-17-32(34)37)27-22-24-28(25-23-27)39-35-20-10-8-14-29(35)30-15-9-11-21-36(30)39;1-2/h1-25H;1-2H3. The topological polar surface area (TPSA) is 4.93 Å². The minimum absolute atomic E-state index is 1.17. The van der Waals surface area contributed by atoms with Gasteiger partial charge in [-0.25, -0.2) is 0 Å². The van der Waals surface area contributed by atoms with Gasteiger partial charge < -0.3 is 4.57 Å². The molecule has 0 bridgehead atoms. The van der Waals surface area contributed by atoms with E-state index in [1.165, 1.54) is 71.3 Å². The van der Waals surface area contributed by atoms with Crippen LogP contribution in [0.3, 0.4) is 0 Å². The Bertz CT molecular complexity index is 2040. The molecule has 8 aromatic rings. The van der Waals surface area contributed by atoms with E-state index in [1.807, 2.05) is 13.8 Å². The highest BCUT2D eigenvalue weighted by molar-refractivity contribution is 6.21. The first kappa shape index (κ1) is 24.9. The maximum absolute atomic E-state index is 2.38. The molecule has 0 amide bonds. The SMILES string of the molecule is CC.c1ccc(-c2c3ccccc3c(-c3ccc(-n4c5ccccc5c5ccccc54)cc3)c3ccccc23)cc1. The lowest BCUT2D eigenvalue weighted by Crippen LogP contribution is -1.94. The van der Waals surface area contributed by atoms with Crippen LogP contribution in [0.25, 0.3) is 71.3 Å². The van der Waals surface area contributed by atoms with E-state index in [9.17, 15) is 0 Å². The smallest absolute Gasteiger partial charge is 0.0541 e. The molecule has 0 aliphatic carbocycles. The van der Waals surface area contributed by atoms with Gasteiger partial charge in [0.25, 0.3) is 0 Å². The molecule has 0 aliphatic rings. The van der Waals surface area contributed by atoms with E-state index < -0.39 is 0 Å². The van der Waals surface area contributed by atoms with Crippen LogP contribution in [-0.4, -0.2) is 4.57 Å². The zero-order valence-corrected chi connectivity index (χ0v) is 23.4. The molecule has 0 saturated carbocycles. The number of hydrogen-bond acceptors (Lipinski definition) is 0. The number of fused-ring (bicyclic) bond motifs is 5. The van der Waals surface area contributed by atoms with Crippen molar-refractivity contribution in [2.45, 2.75) is 13.8 Å². The molecule has 0 radical (unpaired) electrons. The van der Waals surface area contributed by atoms with E-state index in [0.717, 1.165) is 0 Å². The maximum atomic E-state index is 2.38. The lowest BCUT2D eigenvalue weighted by atomic mass is 9.86. The Morgan fingerprint density at radius 3 is 1.10 bits per heavy atom. The number of benzene rings is 7. The Labute approximate surface area is 240 Å². The molecule has 1 heteroatoms. The van der Waals surface area contributed by atoms with Crippen molar-refractivity contribution in [1.82, 2.24) is 4.57 Å². The third-order valence-corrected chi connectivity index (χ3v) is 7.99. The largest absolute Gasteiger partial charge is 0.309 e. The van der Waals surface area contributed by atoms with Gasteiger partial charge in [-0.2, -0.15) is 0 Å². The molecule has 1 nitrogen and oxygen atoms in total. The van der Waals surface area contributed by atoms with Crippen molar-refractivity contribution in [3.05, 3.63) is 152 Å². The van der Waals surface area contributed by atoms with Gasteiger partial charge in [0.05, 0.1) is 11.0 Å². The van der Waals surface area contributed by atoms with E-state index in [0.29, 0.717) is 0 Å². The highest BCUT2D eigenvalue weighted by Gasteiger charge is 2.17. The normalized spacial score (nSPS) is 11.2. The number of para-hydroxylation sites is 2. The van der Waals surface area contributed by atoms with Crippen molar-refractivity contribution in [3.63, 3.8) is 0 Å². The molecular weight excluding hydrogens is 494 g/mol. The molecule has 0 aliphatic heterocycles. The average molecular weight is 526 g/mol. The van der Waals surface area contributed by atoms with Crippen molar-refractivity contribution in [2.75, 3.05) is 0 Å². The summed E-state index contributed by atoms with van der Waals surface area (Å²) in [7, 11) is 0. The lowest BCUT2D eigenvalue weighted by molar-refractivity contribution is 1.18. The summed E-state index contributed by atoms with van der Waals surface area (Å²) in [6, 6.07) is 54.9. The molecule has 0 spiro atoms. The third-order valence-electron chi connectivity index (χ3n) is 7.99. The van der Waals surface area contributed by atoms with Gasteiger partial charge in [-0.3, -0.25) is 0 Å². The quantitative estimate of drug-likeness (QED) is 0.202. The Morgan fingerprint density at radius 2 is 0.659 bits per heavy atom. The van der Waals surface area contributed by atoms with Crippen LogP contribution in [0.5, 0.6) is 0 Å². The fourth-order valence-corrected chi connectivity index (χ4v) is 6.33.